The summed E-state index contributed by atoms with van der Waals surface area (Å²) in [7, 11) is 1.31. The summed E-state index contributed by atoms with van der Waals surface area (Å²) in [5.74, 6) is -1.53. The molecule has 0 atom stereocenters. The molecular formula is C15H18FNO4. The summed E-state index contributed by atoms with van der Waals surface area (Å²) < 4.78 is 23.0. The Morgan fingerprint density at radius 3 is 2.71 bits per heavy atom. The zero-order valence-electron chi connectivity index (χ0n) is 12.1. The van der Waals surface area contributed by atoms with Crippen LogP contribution < -0.4 is 4.74 Å². The van der Waals surface area contributed by atoms with Crippen molar-refractivity contribution in [2.75, 3.05) is 26.8 Å². The van der Waals surface area contributed by atoms with Crippen LogP contribution in [0.2, 0.25) is 0 Å². The van der Waals surface area contributed by atoms with Crippen LogP contribution in [-0.2, 0) is 9.53 Å². The lowest BCUT2D eigenvalue weighted by Gasteiger charge is -2.20. The summed E-state index contributed by atoms with van der Waals surface area (Å²) in [5, 5.41) is 0. The van der Waals surface area contributed by atoms with Gasteiger partial charge in [-0.15, -0.1) is 6.58 Å². The number of esters is 1. The van der Waals surface area contributed by atoms with Gasteiger partial charge in [-0.3, -0.25) is 9.59 Å². The lowest BCUT2D eigenvalue weighted by Crippen LogP contribution is -2.36. The predicted molar refractivity (Wildman–Crippen MR) is 75.7 cm³/mol. The number of benzene rings is 1. The van der Waals surface area contributed by atoms with Gasteiger partial charge in [-0.25, -0.2) is 4.39 Å². The lowest BCUT2D eigenvalue weighted by molar-refractivity contribution is -0.143. The molecule has 0 saturated heterocycles. The molecule has 0 saturated carbocycles. The fourth-order valence-electron chi connectivity index (χ4n) is 1.71. The molecule has 114 valence electrons. The number of rotatable bonds is 7. The first-order valence-corrected chi connectivity index (χ1v) is 6.42. The summed E-state index contributed by atoms with van der Waals surface area (Å²) in [5.41, 5.74) is 0.222. The Hall–Kier alpha value is -2.37. The minimum absolute atomic E-state index is 0.0319. The van der Waals surface area contributed by atoms with E-state index in [-0.39, 0.29) is 31.0 Å². The van der Waals surface area contributed by atoms with Gasteiger partial charge in [0.05, 0.1) is 13.7 Å². The summed E-state index contributed by atoms with van der Waals surface area (Å²) in [4.78, 5) is 25.1. The van der Waals surface area contributed by atoms with E-state index in [9.17, 15) is 14.0 Å². The van der Waals surface area contributed by atoms with Crippen LogP contribution >= 0.6 is 0 Å². The van der Waals surface area contributed by atoms with Crippen LogP contribution in [0.25, 0.3) is 0 Å². The second-order valence-electron chi connectivity index (χ2n) is 4.13. The Kier molecular flexibility index (Phi) is 6.39. The van der Waals surface area contributed by atoms with E-state index in [1.807, 2.05) is 0 Å². The van der Waals surface area contributed by atoms with Crippen LogP contribution in [0, 0.1) is 5.82 Å². The third-order valence-corrected chi connectivity index (χ3v) is 2.66. The van der Waals surface area contributed by atoms with Crippen LogP contribution in [0.3, 0.4) is 0 Å². The molecule has 0 aromatic heterocycles. The lowest BCUT2D eigenvalue weighted by atomic mass is 10.1. The van der Waals surface area contributed by atoms with Crippen molar-refractivity contribution in [2.45, 2.75) is 6.92 Å². The summed E-state index contributed by atoms with van der Waals surface area (Å²) in [6, 6.07) is 3.77. The molecule has 0 unspecified atom stereocenters. The van der Waals surface area contributed by atoms with E-state index in [2.05, 4.69) is 6.58 Å². The maximum absolute atomic E-state index is 13.4. The Balaban J connectivity index is 2.94. The van der Waals surface area contributed by atoms with E-state index in [1.54, 1.807) is 6.92 Å². The molecule has 5 nitrogen and oxygen atoms in total. The molecule has 1 aromatic rings. The smallest absolute Gasteiger partial charge is 0.325 e. The Morgan fingerprint density at radius 1 is 1.43 bits per heavy atom. The average Bonchev–Trinajstić information content (AvgIpc) is 2.47. The van der Waals surface area contributed by atoms with Crippen molar-refractivity contribution >= 4 is 11.9 Å². The van der Waals surface area contributed by atoms with Gasteiger partial charge in [-0.1, -0.05) is 6.08 Å². The fraction of sp³-hybridized carbons (Fsp3) is 0.333. The Labute approximate surface area is 123 Å². The predicted octanol–water partition coefficient (Wildman–Crippen LogP) is 2.03. The number of carbonyl (C=O) groups excluding carboxylic acids is 2. The number of ether oxygens (including phenoxy) is 2. The standard InChI is InChI=1S/C15H18FNO4/c1-4-8-17(10-14(18)21-5-2)15(19)11-6-7-12(16)13(9-11)20-3/h4,6-7,9H,1,5,8,10H2,2-3H3. The molecule has 0 fully saturated rings. The van der Waals surface area contributed by atoms with E-state index >= 15 is 0 Å². The van der Waals surface area contributed by atoms with Gasteiger partial charge in [0.2, 0.25) is 0 Å². The number of amides is 1. The highest BCUT2D eigenvalue weighted by atomic mass is 19.1. The Morgan fingerprint density at radius 2 is 2.14 bits per heavy atom. The normalized spacial score (nSPS) is 9.86. The van der Waals surface area contributed by atoms with Crippen molar-refractivity contribution < 1.29 is 23.5 Å². The first-order valence-electron chi connectivity index (χ1n) is 6.42. The summed E-state index contributed by atoms with van der Waals surface area (Å²) in [6.45, 7) is 5.45. The zero-order valence-corrected chi connectivity index (χ0v) is 12.1. The van der Waals surface area contributed by atoms with Crippen LogP contribution in [0.4, 0.5) is 4.39 Å². The van der Waals surface area contributed by atoms with Gasteiger partial charge in [0, 0.05) is 12.1 Å². The largest absolute Gasteiger partial charge is 0.494 e. The number of hydrogen-bond donors (Lipinski definition) is 0. The Bertz CT molecular complexity index is 530. The molecule has 0 radical (unpaired) electrons. The summed E-state index contributed by atoms with van der Waals surface area (Å²) >= 11 is 0. The van der Waals surface area contributed by atoms with Gasteiger partial charge in [0.15, 0.2) is 11.6 Å². The molecule has 0 heterocycles. The highest BCUT2D eigenvalue weighted by molar-refractivity contribution is 5.96. The third kappa shape index (κ3) is 4.59. The van der Waals surface area contributed by atoms with Crippen LogP contribution in [0.1, 0.15) is 17.3 Å². The first-order chi connectivity index (χ1) is 10.0. The van der Waals surface area contributed by atoms with E-state index in [1.165, 1.54) is 30.2 Å². The first kappa shape index (κ1) is 16.7. The number of carbonyl (C=O) groups is 2. The second-order valence-corrected chi connectivity index (χ2v) is 4.13. The van der Waals surface area contributed by atoms with Gasteiger partial charge in [-0.2, -0.15) is 0 Å². The molecule has 0 aliphatic carbocycles. The molecule has 21 heavy (non-hydrogen) atoms. The quantitative estimate of drug-likeness (QED) is 0.570. The minimum atomic E-state index is -0.560. The van der Waals surface area contributed by atoms with Crippen LogP contribution in [-0.4, -0.2) is 43.6 Å². The van der Waals surface area contributed by atoms with Crippen molar-refractivity contribution in [2.24, 2.45) is 0 Å². The fourth-order valence-corrected chi connectivity index (χ4v) is 1.71. The topological polar surface area (TPSA) is 55.8 Å². The molecule has 0 aliphatic heterocycles. The van der Waals surface area contributed by atoms with Crippen molar-refractivity contribution in [3.8, 4) is 5.75 Å². The molecule has 1 amide bonds. The molecule has 6 heteroatoms. The van der Waals surface area contributed by atoms with Crippen LogP contribution in [0.15, 0.2) is 30.9 Å². The molecule has 0 spiro atoms. The molecule has 0 N–H and O–H groups in total. The molecular weight excluding hydrogens is 277 g/mol. The molecule has 1 aromatic carbocycles. The van der Waals surface area contributed by atoms with Gasteiger partial charge in [-0.05, 0) is 25.1 Å². The van der Waals surface area contributed by atoms with Crippen molar-refractivity contribution in [1.29, 1.82) is 0 Å². The minimum Gasteiger partial charge on any atom is -0.494 e. The van der Waals surface area contributed by atoms with Crippen molar-refractivity contribution in [3.05, 3.63) is 42.2 Å². The second kappa shape index (κ2) is 8.04. The van der Waals surface area contributed by atoms with Crippen LogP contribution in [0.5, 0.6) is 5.75 Å². The third-order valence-electron chi connectivity index (χ3n) is 2.66. The number of nitrogens with zero attached hydrogens (tertiary/aromatic N) is 1. The van der Waals surface area contributed by atoms with E-state index in [0.29, 0.717) is 0 Å². The van der Waals surface area contributed by atoms with Gasteiger partial charge >= 0.3 is 5.97 Å². The van der Waals surface area contributed by atoms with Gasteiger partial charge in [0.1, 0.15) is 6.54 Å². The zero-order chi connectivity index (χ0) is 15.8. The molecule has 0 bridgehead atoms. The number of halogens is 1. The number of hydrogen-bond acceptors (Lipinski definition) is 4. The van der Waals surface area contributed by atoms with E-state index in [4.69, 9.17) is 9.47 Å². The highest BCUT2D eigenvalue weighted by Gasteiger charge is 2.19. The average molecular weight is 295 g/mol. The number of methoxy groups -OCH3 is 1. The summed E-state index contributed by atoms with van der Waals surface area (Å²) in [6.07, 6.45) is 1.50. The van der Waals surface area contributed by atoms with Crippen molar-refractivity contribution in [1.82, 2.24) is 4.90 Å². The highest BCUT2D eigenvalue weighted by Crippen LogP contribution is 2.19. The SMILES string of the molecule is C=CCN(CC(=O)OCC)C(=O)c1ccc(F)c(OC)c1. The van der Waals surface area contributed by atoms with Gasteiger partial charge in [0.25, 0.3) is 5.91 Å². The maximum atomic E-state index is 13.4. The van der Waals surface area contributed by atoms with Gasteiger partial charge < -0.3 is 14.4 Å². The molecule has 0 aliphatic rings. The monoisotopic (exact) mass is 295 g/mol. The van der Waals surface area contributed by atoms with E-state index < -0.39 is 17.7 Å². The van der Waals surface area contributed by atoms with E-state index in [0.717, 1.165) is 6.07 Å². The molecule has 1 rings (SSSR count). The maximum Gasteiger partial charge on any atom is 0.325 e. The van der Waals surface area contributed by atoms with Crippen molar-refractivity contribution in [3.63, 3.8) is 0 Å².